The van der Waals surface area contributed by atoms with Crippen LogP contribution in [0.1, 0.15) is 52.9 Å². The fourth-order valence-corrected chi connectivity index (χ4v) is 1.43. The first kappa shape index (κ1) is 14.9. The number of hydrogen-bond acceptors (Lipinski definition) is 3. The lowest BCUT2D eigenvalue weighted by Crippen LogP contribution is -2.47. The van der Waals surface area contributed by atoms with E-state index in [0.29, 0.717) is 6.42 Å². The Balaban J connectivity index is 3.58. The van der Waals surface area contributed by atoms with Gasteiger partial charge < -0.3 is 15.5 Å². The van der Waals surface area contributed by atoms with E-state index in [0.717, 1.165) is 19.4 Å². The summed E-state index contributed by atoms with van der Waals surface area (Å²) in [5.74, 6) is 0. The van der Waals surface area contributed by atoms with Crippen molar-refractivity contribution in [3.05, 3.63) is 0 Å². The van der Waals surface area contributed by atoms with Crippen molar-refractivity contribution in [2.75, 3.05) is 13.6 Å². The summed E-state index contributed by atoms with van der Waals surface area (Å²) >= 11 is 0. The molecule has 0 bridgehead atoms. The van der Waals surface area contributed by atoms with E-state index in [1.54, 1.807) is 20.8 Å². The van der Waals surface area contributed by atoms with E-state index >= 15 is 0 Å². The van der Waals surface area contributed by atoms with E-state index in [1.165, 1.54) is 12.8 Å². The van der Waals surface area contributed by atoms with Crippen molar-refractivity contribution in [1.29, 1.82) is 0 Å². The van der Waals surface area contributed by atoms with Gasteiger partial charge in [-0.2, -0.15) is 0 Å². The first-order chi connectivity index (χ1) is 6.81. The molecule has 0 rings (SSSR count). The number of nitrogens with one attached hydrogen (secondary N) is 1. The van der Waals surface area contributed by atoms with Crippen LogP contribution >= 0.6 is 0 Å². The molecule has 0 saturated carbocycles. The Hall–Kier alpha value is -0.120. The topological polar surface area (TPSA) is 52.5 Å². The lowest BCUT2D eigenvalue weighted by molar-refractivity contribution is -0.124. The van der Waals surface area contributed by atoms with Gasteiger partial charge in [-0.15, -0.1) is 0 Å². The van der Waals surface area contributed by atoms with Crippen LogP contribution in [-0.2, 0) is 0 Å². The molecule has 0 spiro atoms. The SMILES string of the molecule is CNCCCCCCC(C)(O)C(C)(C)O. The van der Waals surface area contributed by atoms with Gasteiger partial charge in [0.05, 0.1) is 11.2 Å². The van der Waals surface area contributed by atoms with Crippen LogP contribution in [0, 0.1) is 0 Å². The van der Waals surface area contributed by atoms with Crippen LogP contribution < -0.4 is 5.32 Å². The average Bonchev–Trinajstić information content (AvgIpc) is 2.09. The summed E-state index contributed by atoms with van der Waals surface area (Å²) < 4.78 is 0. The van der Waals surface area contributed by atoms with Crippen molar-refractivity contribution < 1.29 is 10.2 Å². The van der Waals surface area contributed by atoms with E-state index in [2.05, 4.69) is 5.32 Å². The van der Waals surface area contributed by atoms with Gasteiger partial charge in [0.15, 0.2) is 0 Å². The molecular formula is C12H27NO2. The highest BCUT2D eigenvalue weighted by atomic mass is 16.3. The zero-order valence-corrected chi connectivity index (χ0v) is 10.6. The summed E-state index contributed by atoms with van der Waals surface area (Å²) in [6, 6.07) is 0. The summed E-state index contributed by atoms with van der Waals surface area (Å²) in [6.45, 7) is 6.09. The molecule has 1 unspecified atom stereocenters. The Kier molecular flexibility index (Phi) is 6.41. The second-order valence-corrected chi connectivity index (χ2v) is 5.10. The van der Waals surface area contributed by atoms with Gasteiger partial charge in [-0.3, -0.25) is 0 Å². The van der Waals surface area contributed by atoms with Gasteiger partial charge in [0.2, 0.25) is 0 Å². The number of rotatable bonds is 8. The zero-order chi connectivity index (χ0) is 11.9. The van der Waals surface area contributed by atoms with Crippen molar-refractivity contribution >= 4 is 0 Å². The number of hydrogen-bond donors (Lipinski definition) is 3. The molecule has 0 fully saturated rings. The van der Waals surface area contributed by atoms with Crippen LogP contribution in [0.5, 0.6) is 0 Å². The lowest BCUT2D eigenvalue weighted by Gasteiger charge is -2.35. The predicted molar refractivity (Wildman–Crippen MR) is 63.9 cm³/mol. The normalized spacial score (nSPS) is 16.4. The van der Waals surface area contributed by atoms with Crippen LogP contribution in [0.15, 0.2) is 0 Å². The first-order valence-electron chi connectivity index (χ1n) is 5.90. The lowest BCUT2D eigenvalue weighted by atomic mass is 9.83. The molecule has 0 aliphatic rings. The number of unbranched alkanes of at least 4 members (excludes halogenated alkanes) is 3. The van der Waals surface area contributed by atoms with Gasteiger partial charge in [0.25, 0.3) is 0 Å². The van der Waals surface area contributed by atoms with Crippen LogP contribution in [0.2, 0.25) is 0 Å². The molecule has 0 aromatic carbocycles. The van der Waals surface area contributed by atoms with Gasteiger partial charge in [0.1, 0.15) is 0 Å². The van der Waals surface area contributed by atoms with Crippen molar-refractivity contribution in [1.82, 2.24) is 5.32 Å². The van der Waals surface area contributed by atoms with E-state index in [9.17, 15) is 10.2 Å². The maximum atomic E-state index is 9.99. The fraction of sp³-hybridized carbons (Fsp3) is 1.00. The van der Waals surface area contributed by atoms with Gasteiger partial charge >= 0.3 is 0 Å². The van der Waals surface area contributed by atoms with E-state index in [4.69, 9.17) is 0 Å². The van der Waals surface area contributed by atoms with E-state index < -0.39 is 11.2 Å². The fourth-order valence-electron chi connectivity index (χ4n) is 1.43. The van der Waals surface area contributed by atoms with Crippen molar-refractivity contribution in [3.8, 4) is 0 Å². The minimum atomic E-state index is -1.02. The molecule has 0 amide bonds. The highest BCUT2D eigenvalue weighted by Gasteiger charge is 2.36. The highest BCUT2D eigenvalue weighted by molar-refractivity contribution is 4.89. The van der Waals surface area contributed by atoms with Crippen molar-refractivity contribution in [2.24, 2.45) is 0 Å². The Morgan fingerprint density at radius 3 is 1.93 bits per heavy atom. The summed E-state index contributed by atoms with van der Waals surface area (Å²) in [7, 11) is 1.96. The molecule has 0 saturated heterocycles. The largest absolute Gasteiger partial charge is 0.387 e. The smallest absolute Gasteiger partial charge is 0.0900 e. The molecule has 3 N–H and O–H groups in total. The first-order valence-corrected chi connectivity index (χ1v) is 5.90. The Labute approximate surface area is 93.9 Å². The van der Waals surface area contributed by atoms with E-state index in [1.807, 2.05) is 7.05 Å². The molecular weight excluding hydrogens is 190 g/mol. The predicted octanol–water partition coefficient (Wildman–Crippen LogP) is 1.68. The van der Waals surface area contributed by atoms with Crippen LogP contribution in [0.3, 0.4) is 0 Å². The Morgan fingerprint density at radius 1 is 0.933 bits per heavy atom. The minimum absolute atomic E-state index is 0.663. The molecule has 0 heterocycles. The third-order valence-electron chi connectivity index (χ3n) is 3.16. The third kappa shape index (κ3) is 6.13. The maximum Gasteiger partial charge on any atom is 0.0900 e. The molecule has 0 aromatic rings. The summed E-state index contributed by atoms with van der Waals surface area (Å²) in [5, 5.41) is 22.8. The van der Waals surface area contributed by atoms with Crippen LogP contribution in [0.4, 0.5) is 0 Å². The van der Waals surface area contributed by atoms with Gasteiger partial charge in [0, 0.05) is 0 Å². The summed E-state index contributed by atoms with van der Waals surface area (Å²) in [4.78, 5) is 0. The molecule has 15 heavy (non-hydrogen) atoms. The van der Waals surface area contributed by atoms with Crippen LogP contribution in [-0.4, -0.2) is 35.0 Å². The monoisotopic (exact) mass is 217 g/mol. The van der Waals surface area contributed by atoms with Crippen LogP contribution in [0.25, 0.3) is 0 Å². The molecule has 1 atom stereocenters. The summed E-state index contributed by atoms with van der Waals surface area (Å²) in [5.41, 5.74) is -1.99. The summed E-state index contributed by atoms with van der Waals surface area (Å²) in [6.07, 6.45) is 5.12. The quantitative estimate of drug-likeness (QED) is 0.542. The molecule has 0 aromatic heterocycles. The van der Waals surface area contributed by atoms with Crippen molar-refractivity contribution in [3.63, 3.8) is 0 Å². The molecule has 0 radical (unpaired) electrons. The second-order valence-electron chi connectivity index (χ2n) is 5.10. The van der Waals surface area contributed by atoms with Crippen molar-refractivity contribution in [2.45, 2.75) is 64.1 Å². The van der Waals surface area contributed by atoms with E-state index in [-0.39, 0.29) is 0 Å². The highest BCUT2D eigenvalue weighted by Crippen LogP contribution is 2.26. The van der Waals surface area contributed by atoms with Gasteiger partial charge in [-0.1, -0.05) is 19.3 Å². The maximum absolute atomic E-state index is 9.99. The molecule has 92 valence electrons. The molecule has 3 nitrogen and oxygen atoms in total. The zero-order valence-electron chi connectivity index (χ0n) is 10.6. The average molecular weight is 217 g/mol. The Morgan fingerprint density at radius 2 is 1.47 bits per heavy atom. The Bertz CT molecular complexity index is 161. The number of aliphatic hydroxyl groups is 2. The van der Waals surface area contributed by atoms with Gasteiger partial charge in [-0.05, 0) is 47.2 Å². The molecule has 0 aliphatic heterocycles. The molecule has 3 heteroatoms. The van der Waals surface area contributed by atoms with Gasteiger partial charge in [-0.25, -0.2) is 0 Å². The standard InChI is InChI=1S/C12H27NO2/c1-11(2,14)12(3,15)9-7-5-6-8-10-13-4/h13-15H,5-10H2,1-4H3. The second kappa shape index (κ2) is 6.46. The minimum Gasteiger partial charge on any atom is -0.387 e. The molecule has 0 aliphatic carbocycles. The third-order valence-corrected chi connectivity index (χ3v) is 3.16.